The third kappa shape index (κ3) is 2.04. The lowest BCUT2D eigenvalue weighted by Crippen LogP contribution is -2.44. The fourth-order valence-electron chi connectivity index (χ4n) is 1.99. The first kappa shape index (κ1) is 12.6. The molecule has 0 amide bonds. The van der Waals surface area contributed by atoms with Crippen LogP contribution in [0.5, 0.6) is 0 Å². The van der Waals surface area contributed by atoms with Gasteiger partial charge in [0.05, 0.1) is 24.2 Å². The van der Waals surface area contributed by atoms with Crippen LogP contribution in [0.2, 0.25) is 0 Å². The van der Waals surface area contributed by atoms with Gasteiger partial charge in [0.2, 0.25) is 11.7 Å². The highest BCUT2D eigenvalue weighted by Gasteiger charge is 2.41. The van der Waals surface area contributed by atoms with Gasteiger partial charge in [0.1, 0.15) is 5.82 Å². The number of nitrogens with zero attached hydrogens (tertiary/aromatic N) is 2. The van der Waals surface area contributed by atoms with E-state index in [2.05, 4.69) is 10.1 Å². The zero-order chi connectivity index (χ0) is 13.5. The minimum atomic E-state index is -0.339. The second-order valence-electron chi connectivity index (χ2n) is 4.79. The molecule has 1 aliphatic rings. The highest BCUT2D eigenvalue weighted by Crippen LogP contribution is 2.34. The van der Waals surface area contributed by atoms with Crippen LogP contribution in [-0.4, -0.2) is 29.6 Å². The summed E-state index contributed by atoms with van der Waals surface area (Å²) in [7, 11) is 0. The van der Waals surface area contributed by atoms with E-state index in [1.54, 1.807) is 6.07 Å². The Morgan fingerprint density at radius 3 is 2.79 bits per heavy atom. The number of halogens is 1. The van der Waals surface area contributed by atoms with Gasteiger partial charge in [-0.1, -0.05) is 11.2 Å². The summed E-state index contributed by atoms with van der Waals surface area (Å²) in [5.41, 5.74) is 0.157. The lowest BCUT2D eigenvalue weighted by molar-refractivity contribution is -0.0644. The van der Waals surface area contributed by atoms with E-state index in [0.717, 1.165) is 4.90 Å². The van der Waals surface area contributed by atoms with Crippen LogP contribution in [-0.2, 0) is 10.2 Å². The summed E-state index contributed by atoms with van der Waals surface area (Å²) in [5.74, 6) is 0.462. The SMILES string of the molecule is CSc1cccc(F)c1-c1noc(C2(C)COC2)n1. The summed E-state index contributed by atoms with van der Waals surface area (Å²) in [5, 5.41) is 3.91. The smallest absolute Gasteiger partial charge is 0.237 e. The summed E-state index contributed by atoms with van der Waals surface area (Å²) in [6, 6.07) is 4.92. The van der Waals surface area contributed by atoms with E-state index >= 15 is 0 Å². The van der Waals surface area contributed by atoms with Gasteiger partial charge in [-0.2, -0.15) is 4.98 Å². The summed E-state index contributed by atoms with van der Waals surface area (Å²) in [6.07, 6.45) is 1.89. The van der Waals surface area contributed by atoms with Gasteiger partial charge in [-0.05, 0) is 25.3 Å². The van der Waals surface area contributed by atoms with Crippen LogP contribution >= 0.6 is 11.8 Å². The number of ether oxygens (including phenoxy) is 1. The molecule has 0 spiro atoms. The fourth-order valence-corrected chi connectivity index (χ4v) is 2.60. The maximum atomic E-state index is 14.0. The molecule has 1 aliphatic heterocycles. The molecular formula is C13H13FN2O2S. The fraction of sp³-hybridized carbons (Fsp3) is 0.385. The molecule has 6 heteroatoms. The summed E-state index contributed by atoms with van der Waals surface area (Å²) < 4.78 is 24.4. The highest BCUT2D eigenvalue weighted by atomic mass is 32.2. The second-order valence-corrected chi connectivity index (χ2v) is 5.64. The van der Waals surface area contributed by atoms with E-state index in [1.165, 1.54) is 17.8 Å². The van der Waals surface area contributed by atoms with Crippen molar-refractivity contribution in [3.05, 3.63) is 29.9 Å². The van der Waals surface area contributed by atoms with E-state index in [-0.39, 0.29) is 11.2 Å². The molecule has 1 aromatic heterocycles. The van der Waals surface area contributed by atoms with Crippen molar-refractivity contribution >= 4 is 11.8 Å². The van der Waals surface area contributed by atoms with E-state index in [4.69, 9.17) is 9.26 Å². The average molecular weight is 280 g/mol. The Hall–Kier alpha value is -1.40. The minimum absolute atomic E-state index is 0.240. The number of hydrogen-bond acceptors (Lipinski definition) is 5. The Bertz CT molecular complexity index is 610. The molecule has 2 heterocycles. The third-order valence-electron chi connectivity index (χ3n) is 3.20. The van der Waals surface area contributed by atoms with Gasteiger partial charge in [-0.3, -0.25) is 0 Å². The molecule has 0 radical (unpaired) electrons. The van der Waals surface area contributed by atoms with E-state index < -0.39 is 0 Å². The topological polar surface area (TPSA) is 48.2 Å². The van der Waals surface area contributed by atoms with Crippen molar-refractivity contribution in [3.8, 4) is 11.4 Å². The van der Waals surface area contributed by atoms with Crippen molar-refractivity contribution in [3.63, 3.8) is 0 Å². The van der Waals surface area contributed by atoms with Crippen LogP contribution in [0.15, 0.2) is 27.6 Å². The number of benzene rings is 1. The van der Waals surface area contributed by atoms with Crippen molar-refractivity contribution in [2.45, 2.75) is 17.2 Å². The number of thioether (sulfide) groups is 1. The maximum absolute atomic E-state index is 14.0. The van der Waals surface area contributed by atoms with E-state index in [1.807, 2.05) is 19.2 Å². The zero-order valence-corrected chi connectivity index (χ0v) is 11.5. The second kappa shape index (κ2) is 4.61. The first-order chi connectivity index (χ1) is 9.14. The summed E-state index contributed by atoms with van der Waals surface area (Å²) in [4.78, 5) is 5.13. The standard InChI is InChI=1S/C13H13FN2O2S/c1-13(6-17-7-13)12-15-11(16-18-12)10-8(14)4-3-5-9(10)19-2/h3-5H,6-7H2,1-2H3. The molecule has 4 nitrogen and oxygen atoms in total. The lowest BCUT2D eigenvalue weighted by atomic mass is 9.89. The van der Waals surface area contributed by atoms with Gasteiger partial charge in [0.25, 0.3) is 0 Å². The maximum Gasteiger partial charge on any atom is 0.237 e. The molecule has 19 heavy (non-hydrogen) atoms. The predicted molar refractivity (Wildman–Crippen MR) is 69.6 cm³/mol. The van der Waals surface area contributed by atoms with Crippen LogP contribution in [0, 0.1) is 5.82 Å². The quantitative estimate of drug-likeness (QED) is 0.809. The Labute approximate surface area is 114 Å². The van der Waals surface area contributed by atoms with E-state index in [0.29, 0.717) is 30.5 Å². The molecule has 100 valence electrons. The van der Waals surface area contributed by atoms with Crippen LogP contribution in [0.3, 0.4) is 0 Å². The van der Waals surface area contributed by atoms with Gasteiger partial charge < -0.3 is 9.26 Å². The van der Waals surface area contributed by atoms with Crippen LogP contribution < -0.4 is 0 Å². The highest BCUT2D eigenvalue weighted by molar-refractivity contribution is 7.98. The molecular weight excluding hydrogens is 267 g/mol. The number of aromatic nitrogens is 2. The predicted octanol–water partition coefficient (Wildman–Crippen LogP) is 2.89. The van der Waals surface area contributed by atoms with Gasteiger partial charge in [0.15, 0.2) is 0 Å². The minimum Gasteiger partial charge on any atom is -0.379 e. The van der Waals surface area contributed by atoms with Gasteiger partial charge in [-0.25, -0.2) is 4.39 Å². The molecule has 0 bridgehead atoms. The van der Waals surface area contributed by atoms with Gasteiger partial charge in [0, 0.05) is 4.90 Å². The molecule has 1 saturated heterocycles. The molecule has 3 rings (SSSR count). The van der Waals surface area contributed by atoms with Crippen LogP contribution in [0.1, 0.15) is 12.8 Å². The third-order valence-corrected chi connectivity index (χ3v) is 3.98. The molecule has 0 saturated carbocycles. The lowest BCUT2D eigenvalue weighted by Gasteiger charge is -2.33. The Kier molecular flexibility index (Phi) is 3.06. The van der Waals surface area contributed by atoms with Crippen molar-refractivity contribution < 1.29 is 13.7 Å². The molecule has 0 N–H and O–H groups in total. The van der Waals surface area contributed by atoms with Crippen LogP contribution in [0.4, 0.5) is 4.39 Å². The molecule has 0 atom stereocenters. The number of hydrogen-bond donors (Lipinski definition) is 0. The average Bonchev–Trinajstić information content (AvgIpc) is 2.85. The Morgan fingerprint density at radius 1 is 1.37 bits per heavy atom. The monoisotopic (exact) mass is 280 g/mol. The summed E-state index contributed by atoms with van der Waals surface area (Å²) in [6.45, 7) is 3.10. The van der Waals surface area contributed by atoms with Crippen molar-refractivity contribution in [1.29, 1.82) is 0 Å². The first-order valence-electron chi connectivity index (χ1n) is 5.89. The molecule has 0 aliphatic carbocycles. The Morgan fingerprint density at radius 2 is 2.16 bits per heavy atom. The first-order valence-corrected chi connectivity index (χ1v) is 7.11. The molecule has 1 aromatic carbocycles. The van der Waals surface area contributed by atoms with Crippen molar-refractivity contribution in [1.82, 2.24) is 10.1 Å². The zero-order valence-electron chi connectivity index (χ0n) is 10.6. The van der Waals surface area contributed by atoms with Crippen molar-refractivity contribution in [2.24, 2.45) is 0 Å². The van der Waals surface area contributed by atoms with Crippen molar-refractivity contribution in [2.75, 3.05) is 19.5 Å². The molecule has 0 unspecified atom stereocenters. The Balaban J connectivity index is 2.03. The normalized spacial score (nSPS) is 17.2. The largest absolute Gasteiger partial charge is 0.379 e. The van der Waals surface area contributed by atoms with Gasteiger partial charge in [-0.15, -0.1) is 11.8 Å². The molecule has 2 aromatic rings. The van der Waals surface area contributed by atoms with Crippen LogP contribution in [0.25, 0.3) is 11.4 Å². The van der Waals surface area contributed by atoms with E-state index in [9.17, 15) is 4.39 Å². The summed E-state index contributed by atoms with van der Waals surface area (Å²) >= 11 is 1.45. The van der Waals surface area contributed by atoms with Gasteiger partial charge >= 0.3 is 0 Å². The molecule has 1 fully saturated rings. The number of rotatable bonds is 3.